The van der Waals surface area contributed by atoms with Crippen LogP contribution in [-0.2, 0) is 0 Å². The summed E-state index contributed by atoms with van der Waals surface area (Å²) in [7, 11) is 0. The SMILES string of the molecule is Cc1cnc(-c2ccccc2)cc1C(C)C. The van der Waals surface area contributed by atoms with Gasteiger partial charge in [-0.1, -0.05) is 44.2 Å². The predicted molar refractivity (Wildman–Crippen MR) is 68.5 cm³/mol. The van der Waals surface area contributed by atoms with Crippen molar-refractivity contribution in [3.8, 4) is 11.3 Å². The molecule has 0 bridgehead atoms. The van der Waals surface area contributed by atoms with Gasteiger partial charge in [0.2, 0.25) is 0 Å². The lowest BCUT2D eigenvalue weighted by Crippen LogP contribution is -1.95. The lowest BCUT2D eigenvalue weighted by atomic mass is 9.97. The lowest BCUT2D eigenvalue weighted by molar-refractivity contribution is 0.852. The van der Waals surface area contributed by atoms with Gasteiger partial charge in [-0.2, -0.15) is 0 Å². The highest BCUT2D eigenvalue weighted by atomic mass is 14.7. The van der Waals surface area contributed by atoms with Crippen LogP contribution in [0.3, 0.4) is 0 Å². The fraction of sp³-hybridized carbons (Fsp3) is 0.267. The number of hydrogen-bond acceptors (Lipinski definition) is 1. The molecule has 0 N–H and O–H groups in total. The highest BCUT2D eigenvalue weighted by Crippen LogP contribution is 2.24. The Hall–Kier alpha value is -1.63. The molecule has 0 aliphatic rings. The molecule has 0 saturated carbocycles. The zero-order chi connectivity index (χ0) is 11.5. The van der Waals surface area contributed by atoms with Crippen LogP contribution in [0.5, 0.6) is 0 Å². The lowest BCUT2D eigenvalue weighted by Gasteiger charge is -2.11. The number of aryl methyl sites for hydroxylation is 1. The van der Waals surface area contributed by atoms with Crippen LogP contribution in [0, 0.1) is 6.92 Å². The molecule has 0 spiro atoms. The van der Waals surface area contributed by atoms with Gasteiger partial charge in [0.15, 0.2) is 0 Å². The fourth-order valence-corrected chi connectivity index (χ4v) is 1.93. The first-order valence-corrected chi connectivity index (χ1v) is 5.70. The second-order valence-electron chi connectivity index (χ2n) is 4.45. The van der Waals surface area contributed by atoms with Crippen LogP contribution in [0.15, 0.2) is 42.6 Å². The van der Waals surface area contributed by atoms with E-state index in [9.17, 15) is 0 Å². The molecule has 0 radical (unpaired) electrons. The number of benzene rings is 1. The van der Waals surface area contributed by atoms with E-state index >= 15 is 0 Å². The van der Waals surface area contributed by atoms with Crippen LogP contribution in [0.4, 0.5) is 0 Å². The van der Waals surface area contributed by atoms with E-state index in [-0.39, 0.29) is 0 Å². The van der Waals surface area contributed by atoms with Crippen LogP contribution in [0.1, 0.15) is 30.9 Å². The summed E-state index contributed by atoms with van der Waals surface area (Å²) in [5.74, 6) is 0.547. The topological polar surface area (TPSA) is 12.9 Å². The molecule has 1 heterocycles. The zero-order valence-electron chi connectivity index (χ0n) is 10.1. The molecule has 0 saturated heterocycles. The molecule has 16 heavy (non-hydrogen) atoms. The van der Waals surface area contributed by atoms with E-state index in [1.54, 1.807) is 0 Å². The molecule has 0 fully saturated rings. The Morgan fingerprint density at radius 1 is 1.06 bits per heavy atom. The monoisotopic (exact) mass is 211 g/mol. The standard InChI is InChI=1S/C15H17N/c1-11(2)14-9-15(16-10-12(14)3)13-7-5-4-6-8-13/h4-11H,1-3H3. The third-order valence-corrected chi connectivity index (χ3v) is 2.84. The highest BCUT2D eigenvalue weighted by molar-refractivity contribution is 5.60. The largest absolute Gasteiger partial charge is 0.256 e. The van der Waals surface area contributed by atoms with Gasteiger partial charge in [0, 0.05) is 11.8 Å². The first-order valence-electron chi connectivity index (χ1n) is 5.70. The molecular formula is C15H17N. The average molecular weight is 211 g/mol. The summed E-state index contributed by atoms with van der Waals surface area (Å²) in [6, 6.07) is 12.5. The Bertz CT molecular complexity index is 472. The zero-order valence-corrected chi connectivity index (χ0v) is 10.1. The molecule has 1 aromatic carbocycles. The van der Waals surface area contributed by atoms with Crippen LogP contribution < -0.4 is 0 Å². The summed E-state index contributed by atoms with van der Waals surface area (Å²) in [6.07, 6.45) is 1.97. The summed E-state index contributed by atoms with van der Waals surface area (Å²) in [5, 5.41) is 0. The first-order chi connectivity index (χ1) is 7.68. The van der Waals surface area contributed by atoms with Gasteiger partial charge in [0.25, 0.3) is 0 Å². The quantitative estimate of drug-likeness (QED) is 0.726. The fourth-order valence-electron chi connectivity index (χ4n) is 1.93. The van der Waals surface area contributed by atoms with Crippen molar-refractivity contribution in [1.82, 2.24) is 4.98 Å². The van der Waals surface area contributed by atoms with Gasteiger partial charge in [-0.25, -0.2) is 0 Å². The first kappa shape index (κ1) is 10.9. The molecule has 1 nitrogen and oxygen atoms in total. The third-order valence-electron chi connectivity index (χ3n) is 2.84. The number of aromatic nitrogens is 1. The number of rotatable bonds is 2. The van der Waals surface area contributed by atoms with Gasteiger partial charge >= 0.3 is 0 Å². The van der Waals surface area contributed by atoms with E-state index in [2.05, 4.69) is 44.0 Å². The molecule has 0 unspecified atom stereocenters. The Morgan fingerprint density at radius 2 is 1.75 bits per heavy atom. The molecule has 0 amide bonds. The molecule has 0 aliphatic heterocycles. The minimum absolute atomic E-state index is 0.547. The van der Waals surface area contributed by atoms with Gasteiger partial charge in [0.1, 0.15) is 0 Å². The second-order valence-corrected chi connectivity index (χ2v) is 4.45. The Morgan fingerprint density at radius 3 is 2.38 bits per heavy atom. The summed E-state index contributed by atoms with van der Waals surface area (Å²) in [6.45, 7) is 6.56. The van der Waals surface area contributed by atoms with Crippen molar-refractivity contribution in [2.75, 3.05) is 0 Å². The number of pyridine rings is 1. The van der Waals surface area contributed by atoms with Gasteiger partial charge in [-0.05, 0) is 30.0 Å². The van der Waals surface area contributed by atoms with Crippen molar-refractivity contribution in [2.45, 2.75) is 26.7 Å². The van der Waals surface area contributed by atoms with E-state index in [0.717, 1.165) is 5.69 Å². The van der Waals surface area contributed by atoms with E-state index in [0.29, 0.717) is 5.92 Å². The molecule has 2 aromatic rings. The van der Waals surface area contributed by atoms with Crippen LogP contribution in [0.2, 0.25) is 0 Å². The third kappa shape index (κ3) is 2.13. The van der Waals surface area contributed by atoms with Crippen molar-refractivity contribution in [3.63, 3.8) is 0 Å². The van der Waals surface area contributed by atoms with Crippen molar-refractivity contribution < 1.29 is 0 Å². The highest BCUT2D eigenvalue weighted by Gasteiger charge is 2.06. The maximum Gasteiger partial charge on any atom is 0.0705 e. The summed E-state index contributed by atoms with van der Waals surface area (Å²) in [5.41, 5.74) is 4.91. The van der Waals surface area contributed by atoms with Gasteiger partial charge in [0.05, 0.1) is 5.69 Å². The van der Waals surface area contributed by atoms with Gasteiger partial charge < -0.3 is 0 Å². The maximum absolute atomic E-state index is 4.49. The van der Waals surface area contributed by atoms with Crippen molar-refractivity contribution in [3.05, 3.63) is 53.7 Å². The Labute approximate surface area is 97.2 Å². The van der Waals surface area contributed by atoms with Gasteiger partial charge in [-0.15, -0.1) is 0 Å². The molecule has 2 rings (SSSR count). The molecule has 0 aliphatic carbocycles. The molecule has 1 aromatic heterocycles. The normalized spacial score (nSPS) is 10.8. The van der Waals surface area contributed by atoms with E-state index in [1.807, 2.05) is 24.4 Å². The minimum atomic E-state index is 0.547. The molecule has 82 valence electrons. The average Bonchev–Trinajstić information content (AvgIpc) is 2.30. The van der Waals surface area contributed by atoms with E-state index < -0.39 is 0 Å². The van der Waals surface area contributed by atoms with E-state index in [1.165, 1.54) is 16.7 Å². The summed E-state index contributed by atoms with van der Waals surface area (Å²) in [4.78, 5) is 4.49. The van der Waals surface area contributed by atoms with Crippen LogP contribution in [0.25, 0.3) is 11.3 Å². The predicted octanol–water partition coefficient (Wildman–Crippen LogP) is 4.18. The Balaban J connectivity index is 2.48. The van der Waals surface area contributed by atoms with Gasteiger partial charge in [-0.3, -0.25) is 4.98 Å². The van der Waals surface area contributed by atoms with Crippen molar-refractivity contribution >= 4 is 0 Å². The number of nitrogens with zero attached hydrogens (tertiary/aromatic N) is 1. The number of hydrogen-bond donors (Lipinski definition) is 0. The van der Waals surface area contributed by atoms with Crippen LogP contribution in [-0.4, -0.2) is 4.98 Å². The Kier molecular flexibility index (Phi) is 3.04. The molecule has 1 heteroatoms. The molecule has 0 atom stereocenters. The summed E-state index contributed by atoms with van der Waals surface area (Å²) < 4.78 is 0. The molecular weight excluding hydrogens is 194 g/mol. The van der Waals surface area contributed by atoms with E-state index in [4.69, 9.17) is 0 Å². The van der Waals surface area contributed by atoms with Crippen LogP contribution >= 0.6 is 0 Å². The second kappa shape index (κ2) is 4.48. The minimum Gasteiger partial charge on any atom is -0.256 e. The maximum atomic E-state index is 4.49. The smallest absolute Gasteiger partial charge is 0.0705 e. The summed E-state index contributed by atoms with van der Waals surface area (Å²) >= 11 is 0. The van der Waals surface area contributed by atoms with Crippen molar-refractivity contribution in [2.24, 2.45) is 0 Å². The van der Waals surface area contributed by atoms with Crippen molar-refractivity contribution in [1.29, 1.82) is 0 Å².